The summed E-state index contributed by atoms with van der Waals surface area (Å²) in [7, 11) is 0. The van der Waals surface area contributed by atoms with Crippen LogP contribution >= 0.6 is 11.6 Å². The maximum Gasteiger partial charge on any atom is 0.337 e. The van der Waals surface area contributed by atoms with Crippen LogP contribution < -0.4 is 5.32 Å². The third-order valence-corrected chi connectivity index (χ3v) is 4.47. The fourth-order valence-electron chi connectivity index (χ4n) is 2.96. The first-order valence-electron chi connectivity index (χ1n) is 8.21. The van der Waals surface area contributed by atoms with Gasteiger partial charge in [-0.25, -0.2) is 4.79 Å². The molecule has 0 fully saturated rings. The molecule has 0 radical (unpaired) electrons. The molecular weight excluding hydrogens is 362 g/mol. The van der Waals surface area contributed by atoms with Crippen LogP contribution in [0, 0.1) is 0 Å². The second-order valence-electron chi connectivity index (χ2n) is 5.92. The summed E-state index contributed by atoms with van der Waals surface area (Å²) < 4.78 is 0. The van der Waals surface area contributed by atoms with Crippen molar-refractivity contribution in [3.8, 4) is 11.1 Å². The highest BCUT2D eigenvalue weighted by molar-refractivity contribution is 6.31. The van der Waals surface area contributed by atoms with Gasteiger partial charge in [0.05, 0.1) is 22.5 Å². The van der Waals surface area contributed by atoms with Crippen molar-refractivity contribution in [2.75, 3.05) is 5.32 Å². The van der Waals surface area contributed by atoms with Crippen LogP contribution in [0.15, 0.2) is 73.2 Å². The van der Waals surface area contributed by atoms with Crippen LogP contribution in [0.1, 0.15) is 10.4 Å². The van der Waals surface area contributed by atoms with Gasteiger partial charge in [-0.15, -0.1) is 0 Å². The summed E-state index contributed by atoms with van der Waals surface area (Å²) in [4.78, 5) is 20.2. The molecule has 4 rings (SSSR count). The molecule has 0 amide bonds. The van der Waals surface area contributed by atoms with Gasteiger partial charge in [-0.2, -0.15) is 0 Å². The molecule has 0 unspecified atom stereocenters. The molecule has 0 atom stereocenters. The second kappa shape index (κ2) is 7.05. The second-order valence-corrected chi connectivity index (χ2v) is 6.36. The van der Waals surface area contributed by atoms with E-state index < -0.39 is 5.97 Å². The molecule has 2 heterocycles. The van der Waals surface area contributed by atoms with Crippen molar-refractivity contribution in [3.63, 3.8) is 0 Å². The largest absolute Gasteiger partial charge is 0.478 e. The lowest BCUT2D eigenvalue weighted by Crippen LogP contribution is -2.04. The minimum absolute atomic E-state index is 0.185. The van der Waals surface area contributed by atoms with Crippen molar-refractivity contribution < 1.29 is 9.90 Å². The lowest BCUT2D eigenvalue weighted by Gasteiger charge is -2.16. The number of carboxylic acid groups (broad SMARTS) is 1. The SMILES string of the molecule is O=C(O)c1ccccc1Nc1c(-c2ccncc2)cnc2ccc(Cl)cc12. The van der Waals surface area contributed by atoms with Crippen LogP contribution in [0.25, 0.3) is 22.0 Å². The maximum atomic E-state index is 11.6. The van der Waals surface area contributed by atoms with Crippen molar-refractivity contribution in [1.82, 2.24) is 9.97 Å². The van der Waals surface area contributed by atoms with E-state index in [4.69, 9.17) is 11.6 Å². The molecule has 2 aromatic heterocycles. The van der Waals surface area contributed by atoms with Gasteiger partial charge in [-0.3, -0.25) is 9.97 Å². The molecule has 132 valence electrons. The molecule has 27 heavy (non-hydrogen) atoms. The Morgan fingerprint density at radius 1 is 1.04 bits per heavy atom. The molecule has 0 aliphatic heterocycles. The minimum atomic E-state index is -1.00. The van der Waals surface area contributed by atoms with Crippen LogP contribution in [0.5, 0.6) is 0 Å². The molecule has 0 bridgehead atoms. The quantitative estimate of drug-likeness (QED) is 0.500. The van der Waals surface area contributed by atoms with E-state index >= 15 is 0 Å². The molecule has 4 aromatic rings. The van der Waals surface area contributed by atoms with Crippen LogP contribution in [0.4, 0.5) is 11.4 Å². The summed E-state index contributed by atoms with van der Waals surface area (Å²) in [5.74, 6) is -1.00. The lowest BCUT2D eigenvalue weighted by molar-refractivity contribution is 0.0698. The zero-order valence-corrected chi connectivity index (χ0v) is 14.8. The van der Waals surface area contributed by atoms with E-state index in [0.29, 0.717) is 10.7 Å². The van der Waals surface area contributed by atoms with Crippen molar-refractivity contribution >= 4 is 39.8 Å². The zero-order valence-electron chi connectivity index (χ0n) is 14.1. The number of nitrogens with zero attached hydrogens (tertiary/aromatic N) is 2. The predicted octanol–water partition coefficient (Wildman–Crippen LogP) is 5.39. The number of halogens is 1. The van der Waals surface area contributed by atoms with Crippen molar-refractivity contribution in [1.29, 1.82) is 0 Å². The number of carbonyl (C=O) groups is 1. The van der Waals surface area contributed by atoms with E-state index in [-0.39, 0.29) is 5.56 Å². The Hall–Kier alpha value is -3.44. The summed E-state index contributed by atoms with van der Waals surface area (Å²) >= 11 is 6.21. The van der Waals surface area contributed by atoms with Gasteiger partial charge < -0.3 is 10.4 Å². The fourth-order valence-corrected chi connectivity index (χ4v) is 3.14. The van der Waals surface area contributed by atoms with E-state index in [2.05, 4.69) is 15.3 Å². The molecule has 0 saturated heterocycles. The topological polar surface area (TPSA) is 75.1 Å². The van der Waals surface area contributed by atoms with Gasteiger partial charge >= 0.3 is 5.97 Å². The van der Waals surface area contributed by atoms with Crippen LogP contribution in [-0.2, 0) is 0 Å². The van der Waals surface area contributed by atoms with E-state index in [0.717, 1.165) is 27.7 Å². The Bertz CT molecular complexity index is 1150. The Balaban J connectivity index is 1.97. The van der Waals surface area contributed by atoms with E-state index in [1.165, 1.54) is 0 Å². The van der Waals surface area contributed by atoms with Crippen LogP contribution in [-0.4, -0.2) is 21.0 Å². The number of pyridine rings is 2. The van der Waals surface area contributed by atoms with E-state index in [9.17, 15) is 9.90 Å². The first-order chi connectivity index (χ1) is 13.1. The van der Waals surface area contributed by atoms with E-state index in [1.54, 1.807) is 48.9 Å². The molecule has 5 nitrogen and oxygen atoms in total. The predicted molar refractivity (Wildman–Crippen MR) is 107 cm³/mol. The smallest absolute Gasteiger partial charge is 0.337 e. The molecule has 0 saturated carbocycles. The average molecular weight is 376 g/mol. The Morgan fingerprint density at radius 3 is 2.59 bits per heavy atom. The molecule has 0 aliphatic rings. The van der Waals surface area contributed by atoms with Gasteiger partial charge in [0.25, 0.3) is 0 Å². The highest BCUT2D eigenvalue weighted by atomic mass is 35.5. The number of rotatable bonds is 4. The van der Waals surface area contributed by atoms with Gasteiger partial charge in [0.1, 0.15) is 0 Å². The van der Waals surface area contributed by atoms with Gasteiger partial charge in [0.15, 0.2) is 0 Å². The standard InChI is InChI=1S/C21H14ClN3O2/c22-14-5-6-18-16(11-14)20(17(12-24-18)13-7-9-23-10-8-13)25-19-4-2-1-3-15(19)21(26)27/h1-12H,(H,24,25)(H,26,27). The third kappa shape index (κ3) is 3.32. The molecule has 6 heteroatoms. The van der Waals surface area contributed by atoms with Gasteiger partial charge in [-0.05, 0) is 48.0 Å². The van der Waals surface area contributed by atoms with Crippen LogP contribution in [0.2, 0.25) is 5.02 Å². The summed E-state index contributed by atoms with van der Waals surface area (Å²) in [5, 5.41) is 14.2. The molecule has 2 aromatic carbocycles. The Morgan fingerprint density at radius 2 is 1.81 bits per heavy atom. The summed E-state index contributed by atoms with van der Waals surface area (Å²) in [6.45, 7) is 0. The maximum absolute atomic E-state index is 11.6. The molecule has 0 aliphatic carbocycles. The number of hydrogen-bond acceptors (Lipinski definition) is 4. The minimum Gasteiger partial charge on any atom is -0.478 e. The van der Waals surface area contributed by atoms with Crippen LogP contribution in [0.3, 0.4) is 0 Å². The van der Waals surface area contributed by atoms with Crippen molar-refractivity contribution in [3.05, 3.63) is 83.8 Å². The van der Waals surface area contributed by atoms with Gasteiger partial charge in [0, 0.05) is 34.6 Å². The zero-order chi connectivity index (χ0) is 18.8. The number of benzene rings is 2. The number of anilines is 2. The summed E-state index contributed by atoms with van der Waals surface area (Å²) in [6, 6.07) is 16.0. The summed E-state index contributed by atoms with van der Waals surface area (Å²) in [5.41, 5.74) is 3.91. The van der Waals surface area contributed by atoms with E-state index in [1.807, 2.05) is 24.3 Å². The number of aromatic nitrogens is 2. The Kier molecular flexibility index (Phi) is 4.44. The lowest BCUT2D eigenvalue weighted by atomic mass is 10.0. The Labute approximate surface area is 160 Å². The monoisotopic (exact) mass is 375 g/mol. The van der Waals surface area contributed by atoms with Gasteiger partial charge in [0.2, 0.25) is 0 Å². The molecular formula is C21H14ClN3O2. The number of para-hydroxylation sites is 1. The highest BCUT2D eigenvalue weighted by Crippen LogP contribution is 2.37. The molecule has 0 spiro atoms. The third-order valence-electron chi connectivity index (χ3n) is 4.24. The first kappa shape index (κ1) is 17.0. The fraction of sp³-hybridized carbons (Fsp3) is 0. The number of hydrogen-bond donors (Lipinski definition) is 2. The normalized spacial score (nSPS) is 10.7. The number of aromatic carboxylic acids is 1. The summed E-state index contributed by atoms with van der Waals surface area (Å²) in [6.07, 6.45) is 5.16. The van der Waals surface area contributed by atoms with Crippen molar-refractivity contribution in [2.45, 2.75) is 0 Å². The first-order valence-corrected chi connectivity index (χ1v) is 8.59. The number of carboxylic acids is 1. The van der Waals surface area contributed by atoms with Gasteiger partial charge in [-0.1, -0.05) is 23.7 Å². The average Bonchev–Trinajstić information content (AvgIpc) is 2.69. The van der Waals surface area contributed by atoms with Crippen molar-refractivity contribution in [2.24, 2.45) is 0 Å². The number of fused-ring (bicyclic) bond motifs is 1. The number of nitrogens with one attached hydrogen (secondary N) is 1. The molecule has 2 N–H and O–H groups in total. The highest BCUT2D eigenvalue weighted by Gasteiger charge is 2.15.